The zero-order valence-corrected chi connectivity index (χ0v) is 17.0. The first-order valence-electron chi connectivity index (χ1n) is 9.65. The number of benzene rings is 2. The quantitative estimate of drug-likeness (QED) is 0.585. The molecule has 8 heteroatoms. The van der Waals surface area contributed by atoms with Crippen molar-refractivity contribution in [2.45, 2.75) is 19.5 Å². The molecule has 1 aliphatic heterocycles. The van der Waals surface area contributed by atoms with Gasteiger partial charge in [0.05, 0.1) is 12.7 Å². The number of alkyl halides is 3. The number of methoxy groups -OCH3 is 1. The van der Waals surface area contributed by atoms with Crippen molar-refractivity contribution in [2.75, 3.05) is 23.9 Å². The molecule has 1 N–H and O–H groups in total. The van der Waals surface area contributed by atoms with Crippen molar-refractivity contribution in [1.29, 1.82) is 0 Å². The number of halogens is 3. The lowest BCUT2D eigenvalue weighted by Crippen LogP contribution is -2.33. The van der Waals surface area contributed by atoms with Gasteiger partial charge in [0.1, 0.15) is 5.75 Å². The topological polar surface area (TPSA) is 54.5 Å². The average Bonchev–Trinajstić information content (AvgIpc) is 3.17. The molecule has 0 saturated heterocycles. The molecule has 0 bridgehead atoms. The first kappa shape index (κ1) is 20.7. The molecule has 5 nitrogen and oxygen atoms in total. The van der Waals surface area contributed by atoms with Crippen LogP contribution in [0.2, 0.25) is 0 Å². The van der Waals surface area contributed by atoms with E-state index in [1.807, 2.05) is 31.2 Å². The number of fused-ring (bicyclic) bond motifs is 1. The molecule has 0 spiro atoms. The molecular formula is C23H20F3N3O2. The van der Waals surface area contributed by atoms with Crippen LogP contribution in [0.25, 0.3) is 11.1 Å². The Morgan fingerprint density at radius 3 is 2.68 bits per heavy atom. The molecule has 0 atom stereocenters. The molecule has 0 radical (unpaired) electrons. The van der Waals surface area contributed by atoms with Crippen LogP contribution in [0.4, 0.5) is 29.3 Å². The Morgan fingerprint density at radius 1 is 1.19 bits per heavy atom. The van der Waals surface area contributed by atoms with Crippen molar-refractivity contribution >= 4 is 17.4 Å². The summed E-state index contributed by atoms with van der Waals surface area (Å²) in [4.78, 5) is 18.4. The zero-order chi connectivity index (χ0) is 22.2. The number of aryl methyl sites for hydroxylation is 1. The van der Waals surface area contributed by atoms with E-state index in [0.717, 1.165) is 22.8 Å². The van der Waals surface area contributed by atoms with Crippen LogP contribution in [-0.2, 0) is 12.6 Å². The second-order valence-electron chi connectivity index (χ2n) is 7.28. The Morgan fingerprint density at radius 2 is 2.00 bits per heavy atom. The zero-order valence-electron chi connectivity index (χ0n) is 17.0. The number of nitrogens with zero attached hydrogens (tertiary/aromatic N) is 2. The number of amides is 2. The monoisotopic (exact) mass is 427 g/mol. The van der Waals surface area contributed by atoms with E-state index >= 15 is 0 Å². The minimum Gasteiger partial charge on any atom is -0.496 e. The number of anilines is 2. The molecule has 31 heavy (non-hydrogen) atoms. The Kier molecular flexibility index (Phi) is 5.31. The van der Waals surface area contributed by atoms with Gasteiger partial charge in [0.25, 0.3) is 0 Å². The van der Waals surface area contributed by atoms with Gasteiger partial charge in [-0.15, -0.1) is 0 Å². The third-order valence-corrected chi connectivity index (χ3v) is 5.31. The van der Waals surface area contributed by atoms with E-state index in [1.54, 1.807) is 18.5 Å². The number of aromatic nitrogens is 1. The normalized spacial score (nSPS) is 13.1. The first-order chi connectivity index (χ1) is 14.8. The van der Waals surface area contributed by atoms with E-state index in [2.05, 4.69) is 10.3 Å². The molecule has 0 unspecified atom stereocenters. The van der Waals surface area contributed by atoms with Gasteiger partial charge < -0.3 is 10.1 Å². The van der Waals surface area contributed by atoms with Crippen LogP contribution in [-0.4, -0.2) is 24.7 Å². The second-order valence-corrected chi connectivity index (χ2v) is 7.28. The van der Waals surface area contributed by atoms with Crippen molar-refractivity contribution in [3.05, 3.63) is 71.5 Å². The molecule has 3 aromatic rings. The van der Waals surface area contributed by atoms with Crippen LogP contribution in [0.5, 0.6) is 5.75 Å². The lowest BCUT2D eigenvalue weighted by Gasteiger charge is -2.21. The summed E-state index contributed by atoms with van der Waals surface area (Å²) < 4.78 is 45.2. The van der Waals surface area contributed by atoms with Crippen molar-refractivity contribution in [3.63, 3.8) is 0 Å². The number of carbonyl (C=O) groups is 1. The van der Waals surface area contributed by atoms with Gasteiger partial charge >= 0.3 is 12.2 Å². The van der Waals surface area contributed by atoms with Gasteiger partial charge in [-0.3, -0.25) is 9.88 Å². The molecule has 0 saturated carbocycles. The van der Waals surface area contributed by atoms with E-state index in [9.17, 15) is 18.0 Å². The standard InChI is InChI=1S/C23H20F3N3O2/c1-14-5-6-17(11-18(14)16-4-3-8-27-13-16)28-22(30)29-9-7-15-10-21(31-2)19(12-20(15)29)23(24,25)26/h3-6,8,10-13H,7,9H2,1-2H3,(H,28,30). The summed E-state index contributed by atoms with van der Waals surface area (Å²) in [7, 11) is 1.20. The van der Waals surface area contributed by atoms with E-state index < -0.39 is 17.8 Å². The maximum Gasteiger partial charge on any atom is 0.420 e. The number of urea groups is 1. The van der Waals surface area contributed by atoms with Crippen LogP contribution in [0.1, 0.15) is 16.7 Å². The fraction of sp³-hybridized carbons (Fsp3) is 0.217. The fourth-order valence-corrected chi connectivity index (χ4v) is 3.74. The lowest BCUT2D eigenvalue weighted by atomic mass is 10.0. The summed E-state index contributed by atoms with van der Waals surface area (Å²) in [5, 5.41) is 2.80. The van der Waals surface area contributed by atoms with E-state index in [-0.39, 0.29) is 18.0 Å². The summed E-state index contributed by atoms with van der Waals surface area (Å²) in [6.45, 7) is 2.24. The number of nitrogens with one attached hydrogen (secondary N) is 1. The van der Waals surface area contributed by atoms with Gasteiger partial charge in [-0.2, -0.15) is 13.2 Å². The number of hydrogen-bond donors (Lipinski definition) is 1. The first-order valence-corrected chi connectivity index (χ1v) is 9.65. The van der Waals surface area contributed by atoms with Crippen LogP contribution in [0, 0.1) is 6.92 Å². The molecule has 160 valence electrons. The molecule has 2 aromatic carbocycles. The minimum absolute atomic E-state index is 0.241. The summed E-state index contributed by atoms with van der Waals surface area (Å²) in [5.74, 6) is -0.242. The molecule has 2 amide bonds. The molecule has 1 aromatic heterocycles. The van der Waals surface area contributed by atoms with Crippen LogP contribution in [0.15, 0.2) is 54.9 Å². The fourth-order valence-electron chi connectivity index (χ4n) is 3.74. The van der Waals surface area contributed by atoms with Crippen LogP contribution in [0.3, 0.4) is 0 Å². The Balaban J connectivity index is 1.62. The SMILES string of the molecule is COc1cc2c(cc1C(F)(F)F)N(C(=O)Nc1ccc(C)c(-c3cccnc3)c1)CC2. The highest BCUT2D eigenvalue weighted by atomic mass is 19.4. The van der Waals surface area contributed by atoms with Crippen molar-refractivity contribution < 1.29 is 22.7 Å². The second kappa shape index (κ2) is 7.94. The van der Waals surface area contributed by atoms with Crippen molar-refractivity contribution in [3.8, 4) is 16.9 Å². The maximum atomic E-state index is 13.4. The van der Waals surface area contributed by atoms with Crippen LogP contribution >= 0.6 is 0 Å². The lowest BCUT2D eigenvalue weighted by molar-refractivity contribution is -0.138. The van der Waals surface area contributed by atoms with Crippen molar-refractivity contribution in [1.82, 2.24) is 4.98 Å². The van der Waals surface area contributed by atoms with Crippen LogP contribution < -0.4 is 15.0 Å². The number of rotatable bonds is 3. The third kappa shape index (κ3) is 4.05. The van der Waals surface area contributed by atoms with E-state index in [4.69, 9.17) is 4.74 Å². The van der Waals surface area contributed by atoms with Gasteiger partial charge in [-0.1, -0.05) is 12.1 Å². The third-order valence-electron chi connectivity index (χ3n) is 5.31. The molecule has 0 fully saturated rings. The Labute approximate surface area is 177 Å². The highest BCUT2D eigenvalue weighted by Crippen LogP contribution is 2.42. The summed E-state index contributed by atoms with van der Waals surface area (Å²) >= 11 is 0. The predicted octanol–water partition coefficient (Wildman–Crippen LogP) is 5.68. The molecule has 0 aliphatic carbocycles. The van der Waals surface area contributed by atoms with Gasteiger partial charge in [-0.05, 0) is 60.4 Å². The van der Waals surface area contributed by atoms with Crippen molar-refractivity contribution in [2.24, 2.45) is 0 Å². The van der Waals surface area contributed by atoms with E-state index in [0.29, 0.717) is 17.7 Å². The highest BCUT2D eigenvalue weighted by Gasteiger charge is 2.37. The number of pyridine rings is 1. The van der Waals surface area contributed by atoms with Gasteiger partial charge in [-0.25, -0.2) is 4.79 Å². The van der Waals surface area contributed by atoms with E-state index in [1.165, 1.54) is 18.1 Å². The molecule has 2 heterocycles. The minimum atomic E-state index is -4.58. The maximum absolute atomic E-state index is 13.4. The molecule has 4 rings (SSSR count). The highest BCUT2D eigenvalue weighted by molar-refractivity contribution is 6.03. The van der Waals surface area contributed by atoms with Gasteiger partial charge in [0.2, 0.25) is 0 Å². The number of ether oxygens (including phenoxy) is 1. The van der Waals surface area contributed by atoms with Gasteiger partial charge in [0, 0.05) is 35.9 Å². The Bertz CT molecular complexity index is 1130. The molecular weight excluding hydrogens is 407 g/mol. The summed E-state index contributed by atoms with van der Waals surface area (Å²) in [5.41, 5.74) is 3.36. The van der Waals surface area contributed by atoms with Gasteiger partial charge in [0.15, 0.2) is 0 Å². The average molecular weight is 427 g/mol. The summed E-state index contributed by atoms with van der Waals surface area (Å²) in [6.07, 6.45) is -0.719. The number of carbonyl (C=O) groups excluding carboxylic acids is 1. The predicted molar refractivity (Wildman–Crippen MR) is 112 cm³/mol. The summed E-state index contributed by atoms with van der Waals surface area (Å²) in [6, 6.07) is 11.1. The smallest absolute Gasteiger partial charge is 0.420 e. The molecule has 1 aliphatic rings. The number of hydrogen-bond acceptors (Lipinski definition) is 3. The Hall–Kier alpha value is -3.55. The largest absolute Gasteiger partial charge is 0.496 e.